The van der Waals surface area contributed by atoms with Gasteiger partial charge in [0.1, 0.15) is 6.61 Å². The quantitative estimate of drug-likeness (QED) is 0.764. The summed E-state index contributed by atoms with van der Waals surface area (Å²) in [5, 5.41) is 0. The smallest absolute Gasteiger partial charge is 0.410 e. The molecule has 1 aliphatic heterocycles. The molecule has 1 saturated heterocycles. The van der Waals surface area contributed by atoms with E-state index < -0.39 is 0 Å². The van der Waals surface area contributed by atoms with Crippen LogP contribution in [-0.4, -0.2) is 29.9 Å². The molecule has 2 aromatic rings. The highest BCUT2D eigenvalue weighted by molar-refractivity contribution is 5.96. The molecule has 4 heteroatoms. The van der Waals surface area contributed by atoms with Crippen LogP contribution in [0.1, 0.15) is 35.2 Å². The van der Waals surface area contributed by atoms with E-state index in [2.05, 4.69) is 0 Å². The fourth-order valence-electron chi connectivity index (χ4n) is 3.21. The molecule has 1 amide bonds. The Hall–Kier alpha value is -2.62. The number of nitrogens with zero attached hydrogens (tertiary/aromatic N) is 1. The summed E-state index contributed by atoms with van der Waals surface area (Å²) in [4.78, 5) is 26.4. The minimum Gasteiger partial charge on any atom is -0.445 e. The molecule has 0 aliphatic carbocycles. The molecule has 1 aliphatic rings. The van der Waals surface area contributed by atoms with Gasteiger partial charge in [0.25, 0.3) is 0 Å². The average molecular weight is 337 g/mol. The summed E-state index contributed by atoms with van der Waals surface area (Å²) >= 11 is 0. The lowest BCUT2D eigenvalue weighted by molar-refractivity contribution is 0.0735. The highest BCUT2D eigenvalue weighted by Gasteiger charge is 2.26. The topological polar surface area (TPSA) is 46.6 Å². The van der Waals surface area contributed by atoms with E-state index in [0.717, 1.165) is 24.0 Å². The maximum absolute atomic E-state index is 12.4. The maximum Gasteiger partial charge on any atom is 0.410 e. The summed E-state index contributed by atoms with van der Waals surface area (Å²) in [5.74, 6) is 0.343. The van der Waals surface area contributed by atoms with Crippen molar-refractivity contribution in [2.24, 2.45) is 5.92 Å². The minimum atomic E-state index is -0.291. The highest BCUT2D eigenvalue weighted by atomic mass is 16.6. The van der Waals surface area contributed by atoms with Crippen LogP contribution in [0.25, 0.3) is 0 Å². The van der Waals surface area contributed by atoms with Gasteiger partial charge < -0.3 is 9.64 Å². The van der Waals surface area contributed by atoms with E-state index in [1.165, 1.54) is 0 Å². The molecule has 3 rings (SSSR count). The first-order chi connectivity index (χ1) is 12.2. The molecule has 1 unspecified atom stereocenters. The van der Waals surface area contributed by atoms with Crippen molar-refractivity contribution in [1.29, 1.82) is 0 Å². The molecule has 0 radical (unpaired) electrons. The maximum atomic E-state index is 12.4. The van der Waals surface area contributed by atoms with Crippen molar-refractivity contribution in [1.82, 2.24) is 4.90 Å². The van der Waals surface area contributed by atoms with Crippen LogP contribution in [0.5, 0.6) is 0 Å². The summed E-state index contributed by atoms with van der Waals surface area (Å²) in [7, 11) is 0. The molecule has 1 atom stereocenters. The number of likely N-dealkylation sites (tertiary alicyclic amines) is 1. The van der Waals surface area contributed by atoms with E-state index >= 15 is 0 Å². The lowest BCUT2D eigenvalue weighted by Gasteiger charge is -2.31. The summed E-state index contributed by atoms with van der Waals surface area (Å²) < 4.78 is 5.41. The predicted molar refractivity (Wildman–Crippen MR) is 96.3 cm³/mol. The van der Waals surface area contributed by atoms with Gasteiger partial charge in [-0.1, -0.05) is 60.7 Å². The first-order valence-electron chi connectivity index (χ1n) is 8.76. The molecular formula is C21H23NO3. The third kappa shape index (κ3) is 4.92. The van der Waals surface area contributed by atoms with Gasteiger partial charge in [-0.3, -0.25) is 4.79 Å². The van der Waals surface area contributed by atoms with Crippen molar-refractivity contribution in [3.63, 3.8) is 0 Å². The summed E-state index contributed by atoms with van der Waals surface area (Å²) in [6.07, 6.45) is 2.07. The van der Waals surface area contributed by atoms with E-state index in [4.69, 9.17) is 4.74 Å². The van der Waals surface area contributed by atoms with Crippen LogP contribution in [0.3, 0.4) is 0 Å². The molecule has 0 saturated carbocycles. The van der Waals surface area contributed by atoms with Gasteiger partial charge in [-0.15, -0.1) is 0 Å². The Balaban J connectivity index is 1.50. The van der Waals surface area contributed by atoms with Gasteiger partial charge in [0.05, 0.1) is 0 Å². The molecular weight excluding hydrogens is 314 g/mol. The van der Waals surface area contributed by atoms with Crippen LogP contribution in [0.2, 0.25) is 0 Å². The van der Waals surface area contributed by atoms with E-state index in [1.54, 1.807) is 4.90 Å². The number of amides is 1. The number of ether oxygens (including phenoxy) is 1. The SMILES string of the molecule is O=C(CC1CCCN(C(=O)OCc2ccccc2)C1)c1ccccc1. The normalized spacial score (nSPS) is 17.1. The molecule has 0 bridgehead atoms. The zero-order valence-corrected chi connectivity index (χ0v) is 14.3. The molecule has 2 aromatic carbocycles. The first-order valence-corrected chi connectivity index (χ1v) is 8.76. The number of ketones is 1. The van der Waals surface area contributed by atoms with Crippen LogP contribution < -0.4 is 0 Å². The minimum absolute atomic E-state index is 0.144. The van der Waals surface area contributed by atoms with Gasteiger partial charge in [-0.25, -0.2) is 4.79 Å². The third-order valence-electron chi connectivity index (χ3n) is 4.55. The van der Waals surface area contributed by atoms with E-state index in [-0.39, 0.29) is 24.4 Å². The second-order valence-corrected chi connectivity index (χ2v) is 6.49. The lowest BCUT2D eigenvalue weighted by atomic mass is 9.91. The molecule has 1 fully saturated rings. The van der Waals surface area contributed by atoms with Crippen molar-refractivity contribution >= 4 is 11.9 Å². The van der Waals surface area contributed by atoms with Crippen molar-refractivity contribution in [2.45, 2.75) is 25.9 Å². The lowest BCUT2D eigenvalue weighted by Crippen LogP contribution is -2.40. The average Bonchev–Trinajstić information content (AvgIpc) is 2.68. The molecule has 130 valence electrons. The Bertz CT molecular complexity index is 700. The number of piperidine rings is 1. The zero-order valence-electron chi connectivity index (χ0n) is 14.3. The van der Waals surface area contributed by atoms with Gasteiger partial charge in [0.2, 0.25) is 0 Å². The molecule has 0 aromatic heterocycles. The zero-order chi connectivity index (χ0) is 17.5. The van der Waals surface area contributed by atoms with Gasteiger partial charge >= 0.3 is 6.09 Å². The Morgan fingerprint density at radius 3 is 2.40 bits per heavy atom. The van der Waals surface area contributed by atoms with Crippen LogP contribution in [0.4, 0.5) is 4.79 Å². The number of carbonyl (C=O) groups is 2. The second kappa shape index (κ2) is 8.47. The molecule has 0 N–H and O–H groups in total. The number of hydrogen-bond acceptors (Lipinski definition) is 3. The van der Waals surface area contributed by atoms with Gasteiger partial charge in [0, 0.05) is 25.1 Å². The summed E-state index contributed by atoms with van der Waals surface area (Å²) in [5.41, 5.74) is 1.72. The van der Waals surface area contributed by atoms with E-state index in [1.807, 2.05) is 60.7 Å². The van der Waals surface area contributed by atoms with Crippen LogP contribution in [0, 0.1) is 5.92 Å². The van der Waals surface area contributed by atoms with Gasteiger partial charge in [0.15, 0.2) is 5.78 Å². The fourth-order valence-corrected chi connectivity index (χ4v) is 3.21. The predicted octanol–water partition coefficient (Wildman–Crippen LogP) is 4.31. The Labute approximate surface area is 148 Å². The number of carbonyl (C=O) groups excluding carboxylic acids is 2. The van der Waals surface area contributed by atoms with Crippen LogP contribution in [0.15, 0.2) is 60.7 Å². The molecule has 25 heavy (non-hydrogen) atoms. The number of hydrogen-bond donors (Lipinski definition) is 0. The van der Waals surface area contributed by atoms with Crippen LogP contribution >= 0.6 is 0 Å². The largest absolute Gasteiger partial charge is 0.445 e. The summed E-state index contributed by atoms with van der Waals surface area (Å²) in [6, 6.07) is 19.0. The molecule has 1 heterocycles. The molecule has 0 spiro atoms. The van der Waals surface area contributed by atoms with E-state index in [0.29, 0.717) is 19.5 Å². The highest BCUT2D eigenvalue weighted by Crippen LogP contribution is 2.22. The Morgan fingerprint density at radius 1 is 1.00 bits per heavy atom. The van der Waals surface area contributed by atoms with Crippen molar-refractivity contribution in [2.75, 3.05) is 13.1 Å². The summed E-state index contributed by atoms with van der Waals surface area (Å²) in [6.45, 7) is 1.57. The number of Topliss-reactive ketones (excluding diaryl/α,β-unsaturated/α-hetero) is 1. The van der Waals surface area contributed by atoms with Crippen molar-refractivity contribution in [3.05, 3.63) is 71.8 Å². The first kappa shape index (κ1) is 17.2. The number of benzene rings is 2. The van der Waals surface area contributed by atoms with Crippen molar-refractivity contribution in [3.8, 4) is 0 Å². The monoisotopic (exact) mass is 337 g/mol. The number of rotatable bonds is 5. The molecule has 4 nitrogen and oxygen atoms in total. The van der Waals surface area contributed by atoms with Gasteiger partial charge in [-0.2, -0.15) is 0 Å². The second-order valence-electron chi connectivity index (χ2n) is 6.49. The van der Waals surface area contributed by atoms with Gasteiger partial charge in [-0.05, 0) is 24.3 Å². The Morgan fingerprint density at radius 2 is 1.68 bits per heavy atom. The van der Waals surface area contributed by atoms with Crippen LogP contribution in [-0.2, 0) is 11.3 Å². The van der Waals surface area contributed by atoms with E-state index in [9.17, 15) is 9.59 Å². The Kier molecular flexibility index (Phi) is 5.83. The van der Waals surface area contributed by atoms with Crippen molar-refractivity contribution < 1.29 is 14.3 Å². The standard InChI is InChI=1S/C21H23NO3/c23-20(19-11-5-2-6-12-19)14-18-10-7-13-22(15-18)21(24)25-16-17-8-3-1-4-9-17/h1-6,8-9,11-12,18H,7,10,13-16H2. The third-order valence-corrected chi connectivity index (χ3v) is 4.55. The fraction of sp³-hybridized carbons (Fsp3) is 0.333.